The predicted octanol–water partition coefficient (Wildman–Crippen LogP) is 3.60. The van der Waals surface area contributed by atoms with Crippen molar-refractivity contribution in [2.24, 2.45) is 5.92 Å². The summed E-state index contributed by atoms with van der Waals surface area (Å²) in [6.07, 6.45) is 5.76. The van der Waals surface area contributed by atoms with Crippen LogP contribution in [0.15, 0.2) is 23.1 Å². The lowest BCUT2D eigenvalue weighted by molar-refractivity contribution is 0.302. The number of sulfonamides is 1. The van der Waals surface area contributed by atoms with Crippen molar-refractivity contribution >= 4 is 21.6 Å². The fourth-order valence-corrected chi connectivity index (χ4v) is 4.64. The first-order valence-electron chi connectivity index (χ1n) is 7.30. The monoisotopic (exact) mass is 331 g/mol. The van der Waals surface area contributed by atoms with Crippen LogP contribution in [-0.4, -0.2) is 21.6 Å². The van der Waals surface area contributed by atoms with Gasteiger partial charge in [-0.2, -0.15) is 0 Å². The first kappa shape index (κ1) is 16.6. The number of hydrogen-bond donors (Lipinski definition) is 1. The maximum Gasteiger partial charge on any atom is 0.244 e. The third-order valence-corrected chi connectivity index (χ3v) is 5.93. The average Bonchev–Trinajstić information content (AvgIpc) is 2.47. The molecule has 0 bridgehead atoms. The molecular weight excluding hydrogens is 310 g/mol. The molecule has 0 spiro atoms. The Morgan fingerprint density at radius 2 is 1.95 bits per heavy atom. The molecule has 1 aliphatic rings. The number of benzene rings is 1. The van der Waals surface area contributed by atoms with E-state index in [2.05, 4.69) is 4.72 Å². The van der Waals surface area contributed by atoms with Gasteiger partial charge in [-0.3, -0.25) is 0 Å². The van der Waals surface area contributed by atoms with Gasteiger partial charge in [0.25, 0.3) is 0 Å². The topological polar surface area (TPSA) is 55.4 Å². The summed E-state index contributed by atoms with van der Waals surface area (Å²) >= 11 is 5.92. The van der Waals surface area contributed by atoms with Gasteiger partial charge in [-0.05, 0) is 43.9 Å². The molecule has 118 valence electrons. The Morgan fingerprint density at radius 3 is 2.57 bits per heavy atom. The van der Waals surface area contributed by atoms with E-state index in [-0.39, 0.29) is 10.9 Å². The first-order chi connectivity index (χ1) is 9.94. The number of rotatable bonds is 5. The van der Waals surface area contributed by atoms with Crippen LogP contribution in [0.3, 0.4) is 0 Å². The lowest BCUT2D eigenvalue weighted by Gasteiger charge is -2.28. The van der Waals surface area contributed by atoms with Crippen molar-refractivity contribution in [1.29, 1.82) is 0 Å². The minimum absolute atomic E-state index is 0.0843. The van der Waals surface area contributed by atoms with Gasteiger partial charge in [-0.25, -0.2) is 13.1 Å². The SMILES string of the molecule is COc1ccc(Cl)cc1S(=O)(=O)NC(C)C1CCCCC1. The molecule has 1 fully saturated rings. The van der Waals surface area contributed by atoms with Crippen LogP contribution in [-0.2, 0) is 10.0 Å². The van der Waals surface area contributed by atoms with Crippen molar-refractivity contribution in [3.63, 3.8) is 0 Å². The lowest BCUT2D eigenvalue weighted by atomic mass is 9.85. The zero-order valence-electron chi connectivity index (χ0n) is 12.4. The second kappa shape index (κ2) is 6.99. The summed E-state index contributed by atoms with van der Waals surface area (Å²) in [5.41, 5.74) is 0. The van der Waals surface area contributed by atoms with Crippen LogP contribution < -0.4 is 9.46 Å². The second-order valence-electron chi connectivity index (χ2n) is 5.60. The first-order valence-corrected chi connectivity index (χ1v) is 9.16. The van der Waals surface area contributed by atoms with E-state index in [1.54, 1.807) is 12.1 Å². The fraction of sp³-hybridized carbons (Fsp3) is 0.600. The maximum atomic E-state index is 12.6. The van der Waals surface area contributed by atoms with Crippen LogP contribution in [0, 0.1) is 5.92 Å². The van der Waals surface area contributed by atoms with Crippen molar-refractivity contribution in [1.82, 2.24) is 4.72 Å². The Balaban J connectivity index is 2.19. The zero-order valence-corrected chi connectivity index (χ0v) is 14.0. The largest absolute Gasteiger partial charge is 0.495 e. The molecule has 1 N–H and O–H groups in total. The molecule has 0 heterocycles. The molecule has 4 nitrogen and oxygen atoms in total. The quantitative estimate of drug-likeness (QED) is 0.897. The van der Waals surface area contributed by atoms with Crippen molar-refractivity contribution in [2.45, 2.75) is 50.0 Å². The molecule has 0 amide bonds. The van der Waals surface area contributed by atoms with Gasteiger partial charge in [-0.15, -0.1) is 0 Å². The summed E-state index contributed by atoms with van der Waals surface area (Å²) in [6.45, 7) is 1.94. The predicted molar refractivity (Wildman–Crippen MR) is 84.4 cm³/mol. The smallest absolute Gasteiger partial charge is 0.244 e. The van der Waals surface area contributed by atoms with E-state index in [0.717, 1.165) is 12.8 Å². The molecule has 1 aromatic rings. The number of ether oxygens (including phenoxy) is 1. The summed E-state index contributed by atoms with van der Waals surface area (Å²) in [7, 11) is -2.18. The van der Waals surface area contributed by atoms with E-state index in [4.69, 9.17) is 16.3 Å². The molecule has 1 saturated carbocycles. The van der Waals surface area contributed by atoms with Crippen molar-refractivity contribution in [2.75, 3.05) is 7.11 Å². The minimum Gasteiger partial charge on any atom is -0.495 e. The highest BCUT2D eigenvalue weighted by atomic mass is 35.5. The zero-order chi connectivity index (χ0) is 15.5. The summed E-state index contributed by atoms with van der Waals surface area (Å²) in [4.78, 5) is 0.0974. The standard InChI is InChI=1S/C15H22ClNO3S/c1-11(12-6-4-3-5-7-12)17-21(18,19)15-10-13(16)8-9-14(15)20-2/h8-12,17H,3-7H2,1-2H3. The van der Waals surface area contributed by atoms with E-state index in [0.29, 0.717) is 16.7 Å². The van der Waals surface area contributed by atoms with Crippen LogP contribution in [0.25, 0.3) is 0 Å². The molecule has 1 aromatic carbocycles. The van der Waals surface area contributed by atoms with Crippen molar-refractivity contribution in [3.05, 3.63) is 23.2 Å². The Kier molecular flexibility index (Phi) is 5.52. The summed E-state index contributed by atoms with van der Waals surface area (Å²) < 4.78 is 33.0. The molecule has 21 heavy (non-hydrogen) atoms. The van der Waals surface area contributed by atoms with Gasteiger partial charge in [-0.1, -0.05) is 30.9 Å². The second-order valence-corrected chi connectivity index (χ2v) is 7.72. The molecule has 2 rings (SSSR count). The van der Waals surface area contributed by atoms with Gasteiger partial charge in [0.2, 0.25) is 10.0 Å². The molecule has 0 radical (unpaired) electrons. The van der Waals surface area contributed by atoms with Crippen molar-refractivity contribution in [3.8, 4) is 5.75 Å². The van der Waals surface area contributed by atoms with Gasteiger partial charge in [0.05, 0.1) is 7.11 Å². The van der Waals surface area contributed by atoms with Gasteiger partial charge < -0.3 is 4.74 Å². The van der Waals surface area contributed by atoms with Gasteiger partial charge in [0.15, 0.2) is 0 Å². The third kappa shape index (κ3) is 4.11. The number of hydrogen-bond acceptors (Lipinski definition) is 3. The van der Waals surface area contributed by atoms with Crippen LogP contribution in [0.2, 0.25) is 5.02 Å². The number of methoxy groups -OCH3 is 1. The highest BCUT2D eigenvalue weighted by Crippen LogP contribution is 2.30. The minimum atomic E-state index is -3.63. The molecule has 1 unspecified atom stereocenters. The molecule has 0 aliphatic heterocycles. The normalized spacial score (nSPS) is 18.4. The van der Waals surface area contributed by atoms with Gasteiger partial charge in [0, 0.05) is 11.1 Å². The molecule has 0 aromatic heterocycles. The summed E-state index contributed by atoms with van der Waals surface area (Å²) in [5.74, 6) is 0.710. The van der Waals surface area contributed by atoms with E-state index in [1.165, 1.54) is 32.4 Å². The van der Waals surface area contributed by atoms with E-state index in [1.807, 2.05) is 6.92 Å². The molecular formula is C15H22ClNO3S. The highest BCUT2D eigenvalue weighted by Gasteiger charge is 2.27. The van der Waals surface area contributed by atoms with E-state index in [9.17, 15) is 8.42 Å². The van der Waals surface area contributed by atoms with Crippen LogP contribution in [0.5, 0.6) is 5.75 Å². The van der Waals surface area contributed by atoms with Crippen LogP contribution >= 0.6 is 11.6 Å². The van der Waals surface area contributed by atoms with E-state index >= 15 is 0 Å². The van der Waals surface area contributed by atoms with Crippen molar-refractivity contribution < 1.29 is 13.2 Å². The Labute approximate surface area is 131 Å². The van der Waals surface area contributed by atoms with Crippen LogP contribution in [0.4, 0.5) is 0 Å². The maximum absolute atomic E-state index is 12.6. The Bertz CT molecular complexity index is 583. The molecule has 1 aliphatic carbocycles. The molecule has 6 heteroatoms. The number of halogens is 1. The number of nitrogens with one attached hydrogen (secondary N) is 1. The summed E-state index contributed by atoms with van der Waals surface area (Å²) in [6, 6.07) is 4.53. The lowest BCUT2D eigenvalue weighted by Crippen LogP contribution is -2.38. The van der Waals surface area contributed by atoms with Crippen LogP contribution in [0.1, 0.15) is 39.0 Å². The molecule has 0 saturated heterocycles. The molecule has 1 atom stereocenters. The van der Waals surface area contributed by atoms with Gasteiger partial charge >= 0.3 is 0 Å². The average molecular weight is 332 g/mol. The Hall–Kier alpha value is -0.780. The third-order valence-electron chi connectivity index (χ3n) is 4.11. The highest BCUT2D eigenvalue weighted by molar-refractivity contribution is 7.89. The van der Waals surface area contributed by atoms with Gasteiger partial charge in [0.1, 0.15) is 10.6 Å². The van der Waals surface area contributed by atoms with E-state index < -0.39 is 10.0 Å². The fourth-order valence-electron chi connectivity index (χ4n) is 2.90. The Morgan fingerprint density at radius 1 is 1.29 bits per heavy atom. The summed E-state index contributed by atoms with van der Waals surface area (Å²) in [5, 5.41) is 0.376.